The largest absolute Gasteiger partial charge is 0.457 e. The summed E-state index contributed by atoms with van der Waals surface area (Å²) in [5, 5.41) is 0. The van der Waals surface area contributed by atoms with E-state index in [1.165, 1.54) is 0 Å². The van der Waals surface area contributed by atoms with Gasteiger partial charge in [0.15, 0.2) is 11.6 Å². The third-order valence-electron chi connectivity index (χ3n) is 9.04. The number of carbonyl (C=O) groups is 4. The molecule has 0 amide bonds. The van der Waals surface area contributed by atoms with Gasteiger partial charge in [-0.25, -0.2) is 9.59 Å². The van der Waals surface area contributed by atoms with Crippen LogP contribution in [0, 0.1) is 0 Å². The second-order valence-electron chi connectivity index (χ2n) is 11.9. The first-order valence-corrected chi connectivity index (χ1v) is 16.1. The van der Waals surface area contributed by atoms with Gasteiger partial charge >= 0.3 is 11.9 Å². The third kappa shape index (κ3) is 6.13. The molecule has 0 N–H and O–H groups in total. The molecule has 0 unspecified atom stereocenters. The number of benzene rings is 4. The second kappa shape index (κ2) is 13.5. The minimum absolute atomic E-state index is 0.161. The molecule has 2 fully saturated rings. The molecule has 0 atom stereocenters. The first kappa shape index (κ1) is 30.8. The Hall–Kier alpha value is -5.88. The molecule has 48 heavy (non-hydrogen) atoms. The zero-order valence-electron chi connectivity index (χ0n) is 26.2. The number of rotatable bonds is 2. The smallest absolute Gasteiger partial charge is 0.338 e. The maximum absolute atomic E-state index is 12.2. The number of fused-ring (bicyclic) bond motifs is 2. The van der Waals surface area contributed by atoms with Crippen LogP contribution in [0.1, 0.15) is 68.7 Å². The molecule has 0 spiro atoms. The van der Waals surface area contributed by atoms with Crippen LogP contribution in [-0.2, 0) is 19.1 Å². The Kier molecular flexibility index (Phi) is 8.63. The van der Waals surface area contributed by atoms with Gasteiger partial charge in [0.1, 0.15) is 13.2 Å². The van der Waals surface area contributed by atoms with Crippen LogP contribution in [0.5, 0.6) is 0 Å². The van der Waals surface area contributed by atoms with Crippen LogP contribution in [0.2, 0.25) is 0 Å². The van der Waals surface area contributed by atoms with Gasteiger partial charge in [-0.15, -0.1) is 0 Å². The van der Waals surface area contributed by atoms with Crippen molar-refractivity contribution in [3.8, 4) is 0 Å². The molecule has 0 saturated carbocycles. The van der Waals surface area contributed by atoms with Crippen LogP contribution >= 0.6 is 0 Å². The average Bonchev–Trinajstić information content (AvgIpc) is 3.67. The number of carbonyl (C=O) groups excluding carboxylic acids is 4. The summed E-state index contributed by atoms with van der Waals surface area (Å²) in [6.07, 6.45) is 5.99. The van der Waals surface area contributed by atoms with Crippen molar-refractivity contribution in [1.29, 1.82) is 0 Å². The van der Waals surface area contributed by atoms with Crippen molar-refractivity contribution in [2.45, 2.75) is 25.7 Å². The molecule has 8 rings (SSSR count). The van der Waals surface area contributed by atoms with E-state index in [0.717, 1.165) is 55.7 Å². The van der Waals surface area contributed by atoms with Crippen LogP contribution < -0.4 is 0 Å². The Morgan fingerprint density at radius 3 is 1.15 bits per heavy atom. The molecule has 6 heteroatoms. The van der Waals surface area contributed by atoms with Crippen molar-refractivity contribution < 1.29 is 28.7 Å². The fourth-order valence-corrected chi connectivity index (χ4v) is 6.68. The molecule has 2 aliphatic carbocycles. The summed E-state index contributed by atoms with van der Waals surface area (Å²) in [6.45, 7) is 0.546. The van der Waals surface area contributed by atoms with Gasteiger partial charge in [0.05, 0.1) is 11.1 Å². The number of ether oxygens (including phenoxy) is 2. The molecule has 4 aromatic carbocycles. The highest BCUT2D eigenvalue weighted by Crippen LogP contribution is 2.39. The van der Waals surface area contributed by atoms with E-state index in [-0.39, 0.29) is 36.7 Å². The summed E-state index contributed by atoms with van der Waals surface area (Å²) >= 11 is 0. The van der Waals surface area contributed by atoms with Crippen molar-refractivity contribution in [3.63, 3.8) is 0 Å². The summed E-state index contributed by atoms with van der Waals surface area (Å²) < 4.78 is 10.6. The highest BCUT2D eigenvalue weighted by molar-refractivity contribution is 6.10. The first-order valence-electron chi connectivity index (χ1n) is 16.1. The lowest BCUT2D eigenvalue weighted by Gasteiger charge is -2.19. The van der Waals surface area contributed by atoms with E-state index >= 15 is 0 Å². The lowest BCUT2D eigenvalue weighted by molar-refractivity contribution is -0.135. The summed E-state index contributed by atoms with van der Waals surface area (Å²) in [5.41, 5.74) is 10.4. The van der Waals surface area contributed by atoms with Gasteiger partial charge in [-0.3, -0.25) is 9.59 Å². The van der Waals surface area contributed by atoms with E-state index < -0.39 is 0 Å². The molecule has 0 bridgehead atoms. The summed E-state index contributed by atoms with van der Waals surface area (Å²) in [6, 6.07) is 34.7. The van der Waals surface area contributed by atoms with Crippen LogP contribution in [0.3, 0.4) is 0 Å². The number of hydrogen-bond acceptors (Lipinski definition) is 6. The van der Waals surface area contributed by atoms with Gasteiger partial charge in [0.2, 0.25) is 0 Å². The number of hydrogen-bond donors (Lipinski definition) is 0. The number of cyclic esters (lactones) is 2. The van der Waals surface area contributed by atoms with Gasteiger partial charge in [0.25, 0.3) is 0 Å². The van der Waals surface area contributed by atoms with Gasteiger partial charge in [-0.1, -0.05) is 109 Å². The molecule has 4 aliphatic rings. The second-order valence-corrected chi connectivity index (χ2v) is 11.9. The molecule has 236 valence electrons. The monoisotopic (exact) mass is 632 g/mol. The maximum atomic E-state index is 12.2. The SMILES string of the molecule is O=C1OCC(=C2/CCC(=O)c3ccccc32)/C1=C\c1ccccc1.O=C1OCC(=C2/CCC(=O)c3ccccc32)/C1=C\c1ccccc1. The number of esters is 2. The molecule has 0 aromatic heterocycles. The van der Waals surface area contributed by atoms with E-state index in [4.69, 9.17) is 9.47 Å². The molecule has 2 saturated heterocycles. The maximum Gasteiger partial charge on any atom is 0.338 e. The van der Waals surface area contributed by atoms with Crippen molar-refractivity contribution in [2.75, 3.05) is 13.2 Å². The Morgan fingerprint density at radius 2 is 0.750 bits per heavy atom. The fourth-order valence-electron chi connectivity index (χ4n) is 6.68. The molecular formula is C42H32O6. The lowest BCUT2D eigenvalue weighted by atomic mass is 9.82. The van der Waals surface area contributed by atoms with Gasteiger partial charge < -0.3 is 9.47 Å². The first-order chi connectivity index (χ1) is 23.5. The summed E-state index contributed by atoms with van der Waals surface area (Å²) in [4.78, 5) is 48.7. The topological polar surface area (TPSA) is 86.7 Å². The Morgan fingerprint density at radius 1 is 0.396 bits per heavy atom. The standard InChI is InChI=1S/2C21H16O3/c2*22-20-11-10-16(15-8-4-5-9-17(15)20)19-13-24-21(23)18(19)12-14-6-2-1-3-7-14/h2*1-9,12H,10-11,13H2/b2*18-12+,19-16+. The van der Waals surface area contributed by atoms with Crippen LogP contribution in [0.15, 0.2) is 131 Å². The predicted molar refractivity (Wildman–Crippen MR) is 185 cm³/mol. The van der Waals surface area contributed by atoms with Gasteiger partial charge in [0, 0.05) is 35.1 Å². The zero-order valence-corrected chi connectivity index (χ0v) is 26.2. The minimum Gasteiger partial charge on any atom is -0.457 e. The van der Waals surface area contributed by atoms with E-state index in [9.17, 15) is 19.2 Å². The number of ketones is 2. The number of Topliss-reactive ketones (excluding diaryl/α,β-unsaturated/α-hetero) is 2. The summed E-state index contributed by atoms with van der Waals surface area (Å²) in [7, 11) is 0. The highest BCUT2D eigenvalue weighted by atomic mass is 16.5. The minimum atomic E-state index is -0.296. The normalized spacial score (nSPS) is 21.8. The molecule has 6 nitrogen and oxygen atoms in total. The highest BCUT2D eigenvalue weighted by Gasteiger charge is 2.32. The van der Waals surface area contributed by atoms with Crippen LogP contribution in [0.25, 0.3) is 23.3 Å². The average molecular weight is 633 g/mol. The number of allylic oxidation sites excluding steroid dienone is 2. The fraction of sp³-hybridized carbons (Fsp3) is 0.143. The van der Waals surface area contributed by atoms with Crippen LogP contribution in [0.4, 0.5) is 0 Å². The quantitative estimate of drug-likeness (QED) is 0.164. The Balaban J connectivity index is 0.000000152. The van der Waals surface area contributed by atoms with Crippen molar-refractivity contribution >= 4 is 46.8 Å². The molecule has 2 aliphatic heterocycles. The van der Waals surface area contributed by atoms with E-state index in [2.05, 4.69) is 0 Å². The zero-order chi connectivity index (χ0) is 33.0. The third-order valence-corrected chi connectivity index (χ3v) is 9.04. The van der Waals surface area contributed by atoms with Gasteiger partial charge in [-0.2, -0.15) is 0 Å². The Labute approximate surface area is 278 Å². The van der Waals surface area contributed by atoms with E-state index in [0.29, 0.717) is 36.8 Å². The van der Waals surface area contributed by atoms with Crippen molar-refractivity contribution in [1.82, 2.24) is 0 Å². The summed E-state index contributed by atoms with van der Waals surface area (Å²) in [5.74, 6) is -0.269. The van der Waals surface area contributed by atoms with Crippen LogP contribution in [-0.4, -0.2) is 36.7 Å². The predicted octanol–water partition coefficient (Wildman–Crippen LogP) is 8.11. The lowest BCUT2D eigenvalue weighted by Crippen LogP contribution is -2.11. The molecule has 0 radical (unpaired) electrons. The molecule has 4 aromatic rings. The van der Waals surface area contributed by atoms with Gasteiger partial charge in [-0.05, 0) is 58.4 Å². The van der Waals surface area contributed by atoms with E-state index in [1.807, 2.05) is 121 Å². The van der Waals surface area contributed by atoms with Crippen molar-refractivity contribution in [3.05, 3.63) is 165 Å². The van der Waals surface area contributed by atoms with Crippen molar-refractivity contribution in [2.24, 2.45) is 0 Å². The molecule has 2 heterocycles. The molecular weight excluding hydrogens is 600 g/mol. The van der Waals surface area contributed by atoms with E-state index in [1.54, 1.807) is 0 Å². The Bertz CT molecular complexity index is 1930.